The fraction of sp³-hybridized carbons (Fsp3) is 0.133. The second-order valence-electron chi connectivity index (χ2n) is 4.26. The van der Waals surface area contributed by atoms with Crippen molar-refractivity contribution in [2.24, 2.45) is 0 Å². The Hall–Kier alpha value is -2.50. The van der Waals surface area contributed by atoms with Crippen molar-refractivity contribution >= 4 is 12.0 Å². The Morgan fingerprint density at radius 1 is 1.24 bits per heavy atom. The van der Waals surface area contributed by atoms with Crippen LogP contribution in [0, 0.1) is 0 Å². The van der Waals surface area contributed by atoms with Gasteiger partial charge in [0.15, 0.2) is 0 Å². The Balaban J connectivity index is 1.92. The van der Waals surface area contributed by atoms with Gasteiger partial charge in [-0.2, -0.15) is 13.2 Å². The van der Waals surface area contributed by atoms with E-state index in [1.54, 1.807) is 12.1 Å². The minimum atomic E-state index is -4.39. The summed E-state index contributed by atoms with van der Waals surface area (Å²) in [5.74, 6) is 0.105. The number of rotatable bonds is 4. The molecule has 0 saturated carbocycles. The number of carbonyl (C=O) groups excluding carboxylic acids is 1. The number of halogens is 3. The molecule has 0 radical (unpaired) electrons. The summed E-state index contributed by atoms with van der Waals surface area (Å²) in [5.41, 5.74) is -0.357. The molecule has 0 bridgehead atoms. The van der Waals surface area contributed by atoms with Crippen molar-refractivity contribution in [3.05, 3.63) is 65.6 Å². The standard InChI is InChI=1S/C15H12F3NO2/c16-15(17,18)12-4-1-3-11(9-12)10-19-14(20)7-6-13-5-2-8-21-13/h1-9H,10H2,(H,19,20)/b7-6+. The topological polar surface area (TPSA) is 42.2 Å². The molecule has 0 aliphatic heterocycles. The molecule has 1 aromatic carbocycles. The first-order valence-corrected chi connectivity index (χ1v) is 6.11. The highest BCUT2D eigenvalue weighted by atomic mass is 19.4. The number of nitrogens with one attached hydrogen (secondary N) is 1. The zero-order valence-corrected chi connectivity index (χ0v) is 10.9. The van der Waals surface area contributed by atoms with E-state index in [2.05, 4.69) is 5.32 Å². The van der Waals surface area contributed by atoms with Gasteiger partial charge < -0.3 is 9.73 Å². The van der Waals surface area contributed by atoms with Gasteiger partial charge >= 0.3 is 6.18 Å². The molecule has 1 N–H and O–H groups in total. The van der Waals surface area contributed by atoms with E-state index in [4.69, 9.17) is 4.42 Å². The van der Waals surface area contributed by atoms with Crippen LogP contribution in [0.15, 0.2) is 53.2 Å². The molecule has 1 aromatic heterocycles. The van der Waals surface area contributed by atoms with Crippen molar-refractivity contribution in [3.63, 3.8) is 0 Å². The summed E-state index contributed by atoms with van der Waals surface area (Å²) >= 11 is 0. The van der Waals surface area contributed by atoms with E-state index >= 15 is 0 Å². The molecule has 0 fully saturated rings. The average Bonchev–Trinajstić information content (AvgIpc) is 2.95. The van der Waals surface area contributed by atoms with E-state index in [1.165, 1.54) is 30.5 Å². The van der Waals surface area contributed by atoms with Crippen molar-refractivity contribution in [1.82, 2.24) is 5.32 Å². The molecule has 1 amide bonds. The van der Waals surface area contributed by atoms with Crippen LogP contribution in [0.3, 0.4) is 0 Å². The van der Waals surface area contributed by atoms with Crippen LogP contribution >= 0.6 is 0 Å². The van der Waals surface area contributed by atoms with Crippen molar-refractivity contribution in [3.8, 4) is 0 Å². The lowest BCUT2D eigenvalue weighted by Crippen LogP contribution is -2.20. The molecule has 21 heavy (non-hydrogen) atoms. The first-order chi connectivity index (χ1) is 9.95. The number of amides is 1. The lowest BCUT2D eigenvalue weighted by atomic mass is 10.1. The first-order valence-electron chi connectivity index (χ1n) is 6.11. The lowest BCUT2D eigenvalue weighted by Gasteiger charge is -2.08. The number of hydrogen-bond acceptors (Lipinski definition) is 2. The summed E-state index contributed by atoms with van der Waals surface area (Å²) in [6, 6.07) is 8.18. The molecule has 2 rings (SSSR count). The van der Waals surface area contributed by atoms with Crippen LogP contribution in [-0.4, -0.2) is 5.91 Å². The van der Waals surface area contributed by atoms with Gasteiger partial charge in [-0.3, -0.25) is 4.79 Å². The molecular weight excluding hydrogens is 283 g/mol. The molecule has 1 heterocycles. The van der Waals surface area contributed by atoms with Crippen LogP contribution in [-0.2, 0) is 17.5 Å². The Labute approximate surface area is 119 Å². The predicted octanol–water partition coefficient (Wildman–Crippen LogP) is 3.63. The van der Waals surface area contributed by atoms with Gasteiger partial charge in [0, 0.05) is 12.6 Å². The molecular formula is C15H12F3NO2. The van der Waals surface area contributed by atoms with Crippen LogP contribution < -0.4 is 5.32 Å². The van der Waals surface area contributed by atoms with Crippen molar-refractivity contribution in [2.75, 3.05) is 0 Å². The summed E-state index contributed by atoms with van der Waals surface area (Å²) in [7, 11) is 0. The maximum absolute atomic E-state index is 12.5. The Morgan fingerprint density at radius 2 is 2.05 bits per heavy atom. The van der Waals surface area contributed by atoms with Crippen LogP contribution in [0.2, 0.25) is 0 Å². The highest BCUT2D eigenvalue weighted by Gasteiger charge is 2.30. The first kappa shape index (κ1) is 14.9. The average molecular weight is 295 g/mol. The fourth-order valence-corrected chi connectivity index (χ4v) is 1.65. The van der Waals surface area contributed by atoms with Gasteiger partial charge in [0.1, 0.15) is 5.76 Å². The van der Waals surface area contributed by atoms with Gasteiger partial charge in [0.25, 0.3) is 0 Å². The summed E-state index contributed by atoms with van der Waals surface area (Å²) < 4.78 is 42.6. The van der Waals surface area contributed by atoms with Gasteiger partial charge in [-0.05, 0) is 35.9 Å². The molecule has 0 unspecified atom stereocenters. The lowest BCUT2D eigenvalue weighted by molar-refractivity contribution is -0.137. The van der Waals surface area contributed by atoms with Gasteiger partial charge in [-0.15, -0.1) is 0 Å². The number of carbonyl (C=O) groups is 1. The monoisotopic (exact) mass is 295 g/mol. The Morgan fingerprint density at radius 3 is 2.71 bits per heavy atom. The third-order valence-corrected chi connectivity index (χ3v) is 2.66. The summed E-state index contributed by atoms with van der Waals surface area (Å²) in [5, 5.41) is 2.51. The summed E-state index contributed by atoms with van der Waals surface area (Å²) in [4.78, 5) is 11.5. The zero-order chi connectivity index (χ0) is 15.3. The highest BCUT2D eigenvalue weighted by Crippen LogP contribution is 2.29. The van der Waals surface area contributed by atoms with E-state index in [0.29, 0.717) is 11.3 Å². The minimum absolute atomic E-state index is 0.0191. The van der Waals surface area contributed by atoms with E-state index in [-0.39, 0.29) is 6.54 Å². The number of benzene rings is 1. The van der Waals surface area contributed by atoms with Crippen LogP contribution in [0.5, 0.6) is 0 Å². The van der Waals surface area contributed by atoms with Gasteiger partial charge in [0.2, 0.25) is 5.91 Å². The molecule has 0 spiro atoms. The van der Waals surface area contributed by atoms with Crippen molar-refractivity contribution in [2.45, 2.75) is 12.7 Å². The molecule has 110 valence electrons. The maximum atomic E-state index is 12.5. The fourth-order valence-electron chi connectivity index (χ4n) is 1.65. The molecule has 3 nitrogen and oxygen atoms in total. The van der Waals surface area contributed by atoms with Gasteiger partial charge in [-0.1, -0.05) is 12.1 Å². The largest absolute Gasteiger partial charge is 0.465 e. The summed E-state index contributed by atoms with van der Waals surface area (Å²) in [6.45, 7) is 0.0191. The highest BCUT2D eigenvalue weighted by molar-refractivity contribution is 5.91. The SMILES string of the molecule is O=C(/C=C/c1ccco1)NCc1cccc(C(F)(F)F)c1. The van der Waals surface area contributed by atoms with Crippen LogP contribution in [0.25, 0.3) is 6.08 Å². The molecule has 0 saturated heterocycles. The van der Waals surface area contributed by atoms with Crippen molar-refractivity contribution in [1.29, 1.82) is 0 Å². The zero-order valence-electron chi connectivity index (χ0n) is 10.9. The quantitative estimate of drug-likeness (QED) is 0.875. The Kier molecular flexibility index (Phi) is 4.47. The normalized spacial score (nSPS) is 11.8. The van der Waals surface area contributed by atoms with E-state index in [0.717, 1.165) is 12.1 Å². The molecule has 6 heteroatoms. The maximum Gasteiger partial charge on any atom is 0.416 e. The third-order valence-electron chi connectivity index (χ3n) is 2.66. The second kappa shape index (κ2) is 6.30. The third kappa shape index (κ3) is 4.52. The second-order valence-corrected chi connectivity index (χ2v) is 4.26. The molecule has 0 aliphatic rings. The summed E-state index contributed by atoms with van der Waals surface area (Å²) in [6.07, 6.45) is -0.187. The van der Waals surface area contributed by atoms with Crippen LogP contribution in [0.4, 0.5) is 13.2 Å². The van der Waals surface area contributed by atoms with Crippen molar-refractivity contribution < 1.29 is 22.4 Å². The minimum Gasteiger partial charge on any atom is -0.465 e. The molecule has 2 aromatic rings. The number of hydrogen-bond donors (Lipinski definition) is 1. The molecule has 0 aliphatic carbocycles. The Bertz CT molecular complexity index is 631. The number of furan rings is 1. The number of alkyl halides is 3. The smallest absolute Gasteiger partial charge is 0.416 e. The van der Waals surface area contributed by atoms with E-state index in [1.807, 2.05) is 0 Å². The van der Waals surface area contributed by atoms with Gasteiger partial charge in [-0.25, -0.2) is 0 Å². The van der Waals surface area contributed by atoms with E-state index < -0.39 is 17.6 Å². The van der Waals surface area contributed by atoms with Crippen LogP contribution in [0.1, 0.15) is 16.9 Å². The molecule has 0 atom stereocenters. The van der Waals surface area contributed by atoms with E-state index in [9.17, 15) is 18.0 Å². The van der Waals surface area contributed by atoms with Gasteiger partial charge in [0.05, 0.1) is 11.8 Å². The predicted molar refractivity (Wildman–Crippen MR) is 71.0 cm³/mol.